The molecule has 1 aliphatic carbocycles. The van der Waals surface area contributed by atoms with Crippen LogP contribution in [0.25, 0.3) is 0 Å². The van der Waals surface area contributed by atoms with E-state index in [0.29, 0.717) is 11.8 Å². The van der Waals surface area contributed by atoms with Crippen LogP contribution < -0.4 is 0 Å². The molecule has 0 radical (unpaired) electrons. The lowest BCUT2D eigenvalue weighted by molar-refractivity contribution is -0.214. The molecule has 0 N–H and O–H groups in total. The Kier molecular flexibility index (Phi) is 3.42. The summed E-state index contributed by atoms with van der Waals surface area (Å²) in [4.78, 5) is 0. The number of alkyl halides is 3. The van der Waals surface area contributed by atoms with Crippen molar-refractivity contribution in [3.63, 3.8) is 0 Å². The predicted molar refractivity (Wildman–Crippen MR) is 55.6 cm³/mol. The summed E-state index contributed by atoms with van der Waals surface area (Å²) < 4.78 is 37.5. The maximum atomic E-state index is 12.5. The third-order valence-electron chi connectivity index (χ3n) is 3.70. The predicted octanol–water partition coefficient (Wildman–Crippen LogP) is 4.94. The lowest BCUT2D eigenvalue weighted by Crippen LogP contribution is -2.31. The standard InChI is InChI=1S/C12H21F3/c1-10(2,12(13,14)15)6-4-5-7-11(3)8-9-11/h4-9H2,1-3H3. The second-order valence-corrected chi connectivity index (χ2v) is 5.90. The molecule has 90 valence electrons. The average Bonchev–Trinajstić information content (AvgIpc) is 2.76. The van der Waals surface area contributed by atoms with Crippen LogP contribution in [0, 0.1) is 10.8 Å². The van der Waals surface area contributed by atoms with Crippen LogP contribution in [-0.4, -0.2) is 6.18 Å². The third kappa shape index (κ3) is 3.69. The molecule has 0 bridgehead atoms. The van der Waals surface area contributed by atoms with Crippen LogP contribution in [0.1, 0.15) is 59.3 Å². The zero-order valence-corrected chi connectivity index (χ0v) is 9.88. The highest BCUT2D eigenvalue weighted by molar-refractivity contribution is 4.88. The molecule has 0 spiro atoms. The summed E-state index contributed by atoms with van der Waals surface area (Å²) in [5.74, 6) is 0. The Balaban J connectivity index is 2.18. The van der Waals surface area contributed by atoms with Gasteiger partial charge in [0.2, 0.25) is 0 Å². The SMILES string of the molecule is CC1(CCCCC(C)(C)C(F)(F)F)CC1. The van der Waals surface area contributed by atoms with Gasteiger partial charge in [-0.25, -0.2) is 0 Å². The minimum atomic E-state index is -4.06. The maximum absolute atomic E-state index is 12.5. The number of rotatable bonds is 5. The van der Waals surface area contributed by atoms with Gasteiger partial charge in [-0.15, -0.1) is 0 Å². The first kappa shape index (κ1) is 12.9. The van der Waals surface area contributed by atoms with Crippen molar-refractivity contribution in [3.05, 3.63) is 0 Å². The molecular formula is C12H21F3. The molecule has 1 rings (SSSR count). The highest BCUT2D eigenvalue weighted by Gasteiger charge is 2.46. The van der Waals surface area contributed by atoms with Crippen molar-refractivity contribution in [1.82, 2.24) is 0 Å². The van der Waals surface area contributed by atoms with Crippen LogP contribution in [0.4, 0.5) is 13.2 Å². The van der Waals surface area contributed by atoms with Gasteiger partial charge in [-0.2, -0.15) is 13.2 Å². The van der Waals surface area contributed by atoms with Gasteiger partial charge in [0.05, 0.1) is 5.41 Å². The fourth-order valence-corrected chi connectivity index (χ4v) is 1.72. The molecule has 0 saturated heterocycles. The molecule has 0 heterocycles. The van der Waals surface area contributed by atoms with Gasteiger partial charge in [0.15, 0.2) is 0 Å². The summed E-state index contributed by atoms with van der Waals surface area (Å²) >= 11 is 0. The molecular weight excluding hydrogens is 201 g/mol. The second-order valence-electron chi connectivity index (χ2n) is 5.90. The fraction of sp³-hybridized carbons (Fsp3) is 1.00. The molecule has 1 aliphatic rings. The van der Waals surface area contributed by atoms with E-state index in [0.717, 1.165) is 12.8 Å². The van der Waals surface area contributed by atoms with Crippen LogP contribution >= 0.6 is 0 Å². The van der Waals surface area contributed by atoms with Crippen LogP contribution in [0.15, 0.2) is 0 Å². The lowest BCUT2D eigenvalue weighted by atomic mass is 9.85. The average molecular weight is 222 g/mol. The number of hydrogen-bond donors (Lipinski definition) is 0. The molecule has 0 aromatic carbocycles. The van der Waals surface area contributed by atoms with Crippen LogP contribution in [-0.2, 0) is 0 Å². The van der Waals surface area contributed by atoms with E-state index in [1.807, 2.05) is 0 Å². The van der Waals surface area contributed by atoms with E-state index in [2.05, 4.69) is 6.92 Å². The Labute approximate surface area is 90.2 Å². The second kappa shape index (κ2) is 3.99. The van der Waals surface area contributed by atoms with Gasteiger partial charge in [-0.1, -0.05) is 33.6 Å². The van der Waals surface area contributed by atoms with E-state index in [-0.39, 0.29) is 6.42 Å². The summed E-state index contributed by atoms with van der Waals surface area (Å²) in [6, 6.07) is 0. The fourth-order valence-electron chi connectivity index (χ4n) is 1.72. The summed E-state index contributed by atoms with van der Waals surface area (Å²) in [5, 5.41) is 0. The quantitative estimate of drug-likeness (QED) is 0.578. The van der Waals surface area contributed by atoms with E-state index in [4.69, 9.17) is 0 Å². The van der Waals surface area contributed by atoms with Crippen molar-refractivity contribution in [1.29, 1.82) is 0 Å². The van der Waals surface area contributed by atoms with Gasteiger partial charge < -0.3 is 0 Å². The van der Waals surface area contributed by atoms with Gasteiger partial charge in [0, 0.05) is 0 Å². The number of hydrogen-bond acceptors (Lipinski definition) is 0. The first-order chi connectivity index (χ1) is 6.66. The lowest BCUT2D eigenvalue weighted by Gasteiger charge is -2.27. The zero-order valence-electron chi connectivity index (χ0n) is 9.88. The van der Waals surface area contributed by atoms with Crippen molar-refractivity contribution in [2.75, 3.05) is 0 Å². The van der Waals surface area contributed by atoms with Crippen molar-refractivity contribution in [3.8, 4) is 0 Å². The van der Waals surface area contributed by atoms with Gasteiger partial charge >= 0.3 is 6.18 Å². The van der Waals surface area contributed by atoms with Crippen molar-refractivity contribution in [2.24, 2.45) is 10.8 Å². The Hall–Kier alpha value is -0.210. The van der Waals surface area contributed by atoms with Crippen LogP contribution in [0.5, 0.6) is 0 Å². The zero-order chi connectivity index (χ0) is 11.7. The Morgan fingerprint density at radius 2 is 1.60 bits per heavy atom. The van der Waals surface area contributed by atoms with Crippen LogP contribution in [0.3, 0.4) is 0 Å². The highest BCUT2D eigenvalue weighted by Crippen LogP contribution is 2.49. The first-order valence-corrected chi connectivity index (χ1v) is 5.73. The minimum absolute atomic E-state index is 0.257. The molecule has 0 nitrogen and oxygen atoms in total. The molecule has 0 aromatic rings. The smallest absolute Gasteiger partial charge is 0.171 e. The van der Waals surface area contributed by atoms with Crippen molar-refractivity contribution >= 4 is 0 Å². The Bertz CT molecular complexity index is 211. The highest BCUT2D eigenvalue weighted by atomic mass is 19.4. The molecule has 3 heteroatoms. The van der Waals surface area contributed by atoms with Gasteiger partial charge in [-0.05, 0) is 31.1 Å². The van der Waals surface area contributed by atoms with E-state index in [9.17, 15) is 13.2 Å². The molecule has 0 aliphatic heterocycles. The van der Waals surface area contributed by atoms with Gasteiger partial charge in [-0.3, -0.25) is 0 Å². The number of unbranched alkanes of at least 4 members (excludes halogenated alkanes) is 1. The summed E-state index contributed by atoms with van der Waals surface area (Å²) in [5.41, 5.74) is -1.04. The topological polar surface area (TPSA) is 0 Å². The minimum Gasteiger partial charge on any atom is -0.171 e. The first-order valence-electron chi connectivity index (χ1n) is 5.73. The molecule has 0 aromatic heterocycles. The van der Waals surface area contributed by atoms with Crippen molar-refractivity contribution in [2.45, 2.75) is 65.5 Å². The van der Waals surface area contributed by atoms with Gasteiger partial charge in [0.25, 0.3) is 0 Å². The monoisotopic (exact) mass is 222 g/mol. The van der Waals surface area contributed by atoms with E-state index in [1.165, 1.54) is 26.7 Å². The Morgan fingerprint density at radius 3 is 2.00 bits per heavy atom. The molecule has 1 saturated carbocycles. The molecule has 15 heavy (non-hydrogen) atoms. The number of halogens is 3. The van der Waals surface area contributed by atoms with Gasteiger partial charge in [0.1, 0.15) is 0 Å². The summed E-state index contributed by atoms with van der Waals surface area (Å²) in [6.07, 6.45) is 1.45. The molecule has 0 atom stereocenters. The summed E-state index contributed by atoms with van der Waals surface area (Å²) in [7, 11) is 0. The van der Waals surface area contributed by atoms with E-state index >= 15 is 0 Å². The van der Waals surface area contributed by atoms with Crippen molar-refractivity contribution < 1.29 is 13.2 Å². The molecule has 1 fully saturated rings. The Morgan fingerprint density at radius 1 is 1.07 bits per heavy atom. The molecule has 0 amide bonds. The van der Waals surface area contributed by atoms with E-state index in [1.54, 1.807) is 0 Å². The maximum Gasteiger partial charge on any atom is 0.393 e. The normalized spacial score (nSPS) is 20.4. The van der Waals surface area contributed by atoms with Crippen LogP contribution in [0.2, 0.25) is 0 Å². The third-order valence-corrected chi connectivity index (χ3v) is 3.70. The summed E-state index contributed by atoms with van der Waals surface area (Å²) in [6.45, 7) is 4.82. The molecule has 0 unspecified atom stereocenters. The largest absolute Gasteiger partial charge is 0.393 e. The van der Waals surface area contributed by atoms with E-state index < -0.39 is 11.6 Å².